The zero-order valence-corrected chi connectivity index (χ0v) is 30.8. The van der Waals surface area contributed by atoms with Gasteiger partial charge in [0.15, 0.2) is 6.23 Å². The summed E-state index contributed by atoms with van der Waals surface area (Å²) in [5, 5.41) is 0. The number of nitrogens with zero attached hydrogens (tertiary/aromatic N) is 2. The van der Waals surface area contributed by atoms with Gasteiger partial charge in [-0.25, -0.2) is 4.79 Å². The fourth-order valence-electron chi connectivity index (χ4n) is 6.83. The smallest absolute Gasteiger partial charge is 0.330 e. The summed E-state index contributed by atoms with van der Waals surface area (Å²) in [5.74, 6) is 1.43. The number of hydrogen-bond acceptors (Lipinski definition) is 9. The summed E-state index contributed by atoms with van der Waals surface area (Å²) < 4.78 is 41.5. The fraction of sp³-hybridized carbons (Fsp3) is 0.421. The van der Waals surface area contributed by atoms with E-state index in [0.29, 0.717) is 11.5 Å². The maximum Gasteiger partial charge on any atom is 0.330 e. The number of ether oxygens (including phenoxy) is 5. The molecule has 5 atom stereocenters. The van der Waals surface area contributed by atoms with Gasteiger partial charge < -0.3 is 28.2 Å². The van der Waals surface area contributed by atoms with Crippen LogP contribution in [-0.2, 0) is 24.3 Å². The summed E-state index contributed by atoms with van der Waals surface area (Å²) in [5.41, 5.74) is 0.410. The molecule has 1 unspecified atom stereocenters. The highest BCUT2D eigenvalue weighted by molar-refractivity contribution is 7.49. The van der Waals surface area contributed by atoms with Crippen molar-refractivity contribution < 1.29 is 28.2 Å². The maximum atomic E-state index is 13.1. The van der Waals surface area contributed by atoms with Gasteiger partial charge in [0.1, 0.15) is 43.7 Å². The van der Waals surface area contributed by atoms with Crippen LogP contribution in [0.4, 0.5) is 0 Å². The molecule has 1 saturated heterocycles. The number of aromatic nitrogens is 2. The molecule has 1 aromatic heterocycles. The lowest BCUT2D eigenvalue weighted by molar-refractivity contribution is -0.0952. The summed E-state index contributed by atoms with van der Waals surface area (Å²) in [6.07, 6.45) is -1.50. The van der Waals surface area contributed by atoms with E-state index in [4.69, 9.17) is 28.2 Å². The van der Waals surface area contributed by atoms with Crippen molar-refractivity contribution in [3.63, 3.8) is 0 Å². The Bertz CT molecular complexity index is 1720. The average Bonchev–Trinajstić information content (AvgIpc) is 3.45. The molecule has 12 heteroatoms. The Morgan fingerprint density at radius 2 is 1.34 bits per heavy atom. The molecule has 0 aliphatic carbocycles. The summed E-state index contributed by atoms with van der Waals surface area (Å²) >= 11 is 0. The number of benzene rings is 3. The van der Waals surface area contributed by atoms with Crippen LogP contribution in [0.15, 0.2) is 101 Å². The predicted octanol–water partition coefficient (Wildman–Crippen LogP) is 5.92. The van der Waals surface area contributed by atoms with Crippen molar-refractivity contribution in [3.8, 4) is 11.5 Å². The van der Waals surface area contributed by atoms with E-state index in [1.165, 1.54) is 16.8 Å². The highest BCUT2D eigenvalue weighted by atomic mass is 31.2. The molecule has 0 radical (unpaired) electrons. The number of rotatable bonds is 15. The van der Waals surface area contributed by atoms with Crippen molar-refractivity contribution in [2.45, 2.75) is 69.9 Å². The van der Waals surface area contributed by atoms with Crippen LogP contribution in [0.5, 0.6) is 11.5 Å². The summed E-state index contributed by atoms with van der Waals surface area (Å²) in [4.78, 5) is 27.4. The van der Waals surface area contributed by atoms with Crippen LogP contribution in [0.25, 0.3) is 0 Å². The van der Waals surface area contributed by atoms with E-state index in [-0.39, 0.29) is 18.7 Å². The van der Waals surface area contributed by atoms with Crippen LogP contribution in [0.2, 0.25) is 0 Å². The van der Waals surface area contributed by atoms with E-state index in [1.807, 2.05) is 78.9 Å². The first kappa shape index (κ1) is 37.4. The third kappa shape index (κ3) is 7.73. The molecule has 0 bridgehead atoms. The Labute approximate surface area is 294 Å². The van der Waals surface area contributed by atoms with Crippen molar-refractivity contribution in [2.24, 2.45) is 0 Å². The number of aromatic amines is 1. The van der Waals surface area contributed by atoms with Crippen molar-refractivity contribution in [3.05, 3.63) is 129 Å². The molecule has 0 amide bonds. The Morgan fingerprint density at radius 1 is 0.800 bits per heavy atom. The zero-order valence-electron chi connectivity index (χ0n) is 29.9. The van der Waals surface area contributed by atoms with Gasteiger partial charge in [0.25, 0.3) is 5.56 Å². The third-order valence-corrected chi connectivity index (χ3v) is 11.1. The van der Waals surface area contributed by atoms with Gasteiger partial charge >= 0.3 is 5.69 Å². The average molecular weight is 706 g/mol. The van der Waals surface area contributed by atoms with Gasteiger partial charge in [0.05, 0.1) is 20.8 Å². The quantitative estimate of drug-likeness (QED) is 0.119. The molecule has 11 nitrogen and oxygen atoms in total. The molecule has 1 fully saturated rings. The van der Waals surface area contributed by atoms with Crippen LogP contribution in [0, 0.1) is 0 Å². The largest absolute Gasteiger partial charge is 0.497 e. The van der Waals surface area contributed by atoms with Gasteiger partial charge in [-0.15, -0.1) is 0 Å². The lowest BCUT2D eigenvalue weighted by Gasteiger charge is -2.39. The van der Waals surface area contributed by atoms with Gasteiger partial charge in [0.2, 0.25) is 0 Å². The van der Waals surface area contributed by atoms with Crippen molar-refractivity contribution >= 4 is 8.30 Å². The first-order valence-corrected chi connectivity index (χ1v) is 18.4. The number of H-pyrrole nitrogens is 1. The van der Waals surface area contributed by atoms with Gasteiger partial charge in [-0.2, -0.15) is 0 Å². The van der Waals surface area contributed by atoms with E-state index in [0.717, 1.165) is 16.7 Å². The molecule has 50 heavy (non-hydrogen) atoms. The molecule has 1 aliphatic rings. The standard InChI is InChI=1S/C38H48N3O8P/c1-25(2)41(26(3)4)50(8)49-34-32(48-36(35(34)46-7)40-23-22-33(42)39-37(40)43)24-47-38(27-12-10-9-11-13-27,28-14-18-30(44-5)19-15-28)29-16-20-31(45-6)21-17-29/h9-23,25-26,32,34-36H,24H2,1-8H3,(H,39,42,43)/t32-,34-,35-,36-,50?/m1/s1. The highest BCUT2D eigenvalue weighted by Gasteiger charge is 2.50. The SMILES string of the molecule is COc1ccc(C(OC[C@H]2O[C@@H](n3ccc(=O)[nH]c3=O)[C@H](OC)[C@@H]2OP(C)N(C(C)C)C(C)C)(c2ccccc2)c2ccc(OC)cc2)cc1. The Hall–Kier alpha value is -3.83. The van der Waals surface area contributed by atoms with E-state index >= 15 is 0 Å². The van der Waals surface area contributed by atoms with Crippen molar-refractivity contribution in [1.82, 2.24) is 14.2 Å². The lowest BCUT2D eigenvalue weighted by Crippen LogP contribution is -2.43. The number of methoxy groups -OCH3 is 3. The Balaban J connectivity index is 1.62. The number of hydrogen-bond donors (Lipinski definition) is 1. The minimum absolute atomic E-state index is 0.0542. The minimum atomic E-state index is -1.13. The first-order chi connectivity index (χ1) is 24.0. The van der Waals surface area contributed by atoms with Gasteiger partial charge in [-0.1, -0.05) is 54.6 Å². The van der Waals surface area contributed by atoms with Gasteiger partial charge in [-0.3, -0.25) is 19.0 Å². The maximum absolute atomic E-state index is 13.1. The number of nitrogens with one attached hydrogen (secondary N) is 1. The second-order valence-electron chi connectivity index (χ2n) is 12.7. The molecular weight excluding hydrogens is 657 g/mol. The normalized spacial score (nSPS) is 20.1. The predicted molar refractivity (Wildman–Crippen MR) is 194 cm³/mol. The van der Waals surface area contributed by atoms with Crippen LogP contribution in [-0.4, -0.2) is 79.2 Å². The van der Waals surface area contributed by atoms with E-state index in [9.17, 15) is 9.59 Å². The summed E-state index contributed by atoms with van der Waals surface area (Å²) in [6, 6.07) is 27.3. The van der Waals surface area contributed by atoms with Gasteiger partial charge in [0, 0.05) is 31.5 Å². The topological polar surface area (TPSA) is 113 Å². The lowest BCUT2D eigenvalue weighted by atomic mass is 9.80. The molecule has 2 heterocycles. The van der Waals surface area contributed by atoms with Crippen LogP contribution < -0.4 is 20.7 Å². The van der Waals surface area contributed by atoms with Crippen molar-refractivity contribution in [2.75, 3.05) is 34.6 Å². The Morgan fingerprint density at radius 3 is 1.82 bits per heavy atom. The monoisotopic (exact) mass is 705 g/mol. The molecule has 4 aromatic rings. The second-order valence-corrected chi connectivity index (χ2v) is 14.3. The molecule has 3 aromatic carbocycles. The van der Waals surface area contributed by atoms with E-state index in [2.05, 4.69) is 44.0 Å². The molecule has 0 saturated carbocycles. The Kier molecular flexibility index (Phi) is 12.3. The third-order valence-electron chi connectivity index (χ3n) is 8.98. The van der Waals surface area contributed by atoms with Gasteiger partial charge in [-0.05, 0) is 75.3 Å². The van der Waals surface area contributed by atoms with Crippen molar-refractivity contribution in [1.29, 1.82) is 0 Å². The molecule has 5 rings (SSSR count). The van der Waals surface area contributed by atoms with E-state index in [1.54, 1.807) is 21.3 Å². The molecule has 0 spiro atoms. The van der Waals surface area contributed by atoms with Crippen LogP contribution in [0.3, 0.4) is 0 Å². The summed E-state index contributed by atoms with van der Waals surface area (Å²) in [7, 11) is 3.71. The molecule has 268 valence electrons. The minimum Gasteiger partial charge on any atom is -0.497 e. The van der Waals surface area contributed by atoms with E-state index < -0.39 is 49.7 Å². The molecule has 1 aliphatic heterocycles. The molecule has 1 N–H and O–H groups in total. The molecular formula is C38H48N3O8P. The summed E-state index contributed by atoms with van der Waals surface area (Å²) in [6.45, 7) is 10.7. The second kappa shape index (κ2) is 16.5. The highest BCUT2D eigenvalue weighted by Crippen LogP contribution is 2.48. The first-order valence-electron chi connectivity index (χ1n) is 16.7. The van der Waals surface area contributed by atoms with Crippen LogP contribution in [0.1, 0.15) is 50.6 Å². The fourth-order valence-corrected chi connectivity index (χ4v) is 8.85. The zero-order chi connectivity index (χ0) is 36.0. The van der Waals surface area contributed by atoms with Crippen LogP contribution >= 0.6 is 8.30 Å².